The number of fused-ring (bicyclic) bond motifs is 1. The van der Waals surface area contributed by atoms with Gasteiger partial charge in [0.25, 0.3) is 0 Å². The van der Waals surface area contributed by atoms with Gasteiger partial charge in [-0.25, -0.2) is 4.79 Å². The molecule has 8 heteroatoms. The molecule has 0 aliphatic rings. The van der Waals surface area contributed by atoms with Gasteiger partial charge in [0.05, 0.1) is 13.7 Å². The molecule has 1 aromatic heterocycles. The molecule has 1 heterocycles. The average Bonchev–Trinajstić information content (AvgIpc) is 3.40. The van der Waals surface area contributed by atoms with Crippen LogP contribution in [0.25, 0.3) is 10.9 Å². The quantitative estimate of drug-likeness (QED) is 0.234. The molecule has 0 radical (unpaired) electrons. The lowest BCUT2D eigenvalue weighted by Crippen LogP contribution is -2.46. The van der Waals surface area contributed by atoms with Gasteiger partial charge in [0, 0.05) is 55.1 Å². The second kappa shape index (κ2) is 14.2. The normalized spacial score (nSPS) is 10.9. The molecule has 3 amide bonds. The number of methoxy groups -OCH3 is 2. The summed E-state index contributed by atoms with van der Waals surface area (Å²) in [6.07, 6.45) is 3.53. The van der Waals surface area contributed by atoms with Crippen molar-refractivity contribution in [1.82, 2.24) is 14.8 Å². The molecule has 0 fully saturated rings. The SMILES string of the molecule is CCc1cccc(NC(=O)N(CCOC)CC(=O)N(CCc2c[nH]c3ccccc23)Cc2ccccc2OC)c1. The highest BCUT2D eigenvalue weighted by Crippen LogP contribution is 2.22. The largest absolute Gasteiger partial charge is 0.496 e. The number of carbonyl (C=O) groups is 2. The van der Waals surface area contributed by atoms with Crippen LogP contribution >= 0.6 is 0 Å². The van der Waals surface area contributed by atoms with E-state index in [1.807, 2.05) is 72.9 Å². The zero-order chi connectivity index (χ0) is 28.3. The Morgan fingerprint density at radius 2 is 1.70 bits per heavy atom. The summed E-state index contributed by atoms with van der Waals surface area (Å²) in [5.41, 5.74) is 4.93. The second-order valence-electron chi connectivity index (χ2n) is 9.64. The molecular weight excluding hydrogens is 504 g/mol. The van der Waals surface area contributed by atoms with E-state index in [0.717, 1.165) is 39.8 Å². The lowest BCUT2D eigenvalue weighted by atomic mass is 10.1. The van der Waals surface area contributed by atoms with Crippen molar-refractivity contribution in [2.75, 3.05) is 45.8 Å². The number of nitrogens with zero attached hydrogens (tertiary/aromatic N) is 2. The van der Waals surface area contributed by atoms with Gasteiger partial charge in [-0.05, 0) is 48.2 Å². The fourth-order valence-electron chi connectivity index (χ4n) is 4.71. The highest BCUT2D eigenvalue weighted by Gasteiger charge is 2.23. The number of urea groups is 1. The molecule has 40 heavy (non-hydrogen) atoms. The fraction of sp³-hybridized carbons (Fsp3) is 0.312. The van der Waals surface area contributed by atoms with Gasteiger partial charge < -0.3 is 29.6 Å². The minimum absolute atomic E-state index is 0.0777. The number of H-pyrrole nitrogens is 1. The van der Waals surface area contributed by atoms with Crippen molar-refractivity contribution < 1.29 is 19.1 Å². The number of benzene rings is 3. The van der Waals surface area contributed by atoms with Crippen LogP contribution in [0.2, 0.25) is 0 Å². The van der Waals surface area contributed by atoms with E-state index < -0.39 is 0 Å². The lowest BCUT2D eigenvalue weighted by molar-refractivity contribution is -0.132. The predicted molar refractivity (Wildman–Crippen MR) is 159 cm³/mol. The van der Waals surface area contributed by atoms with Crippen molar-refractivity contribution in [1.29, 1.82) is 0 Å². The monoisotopic (exact) mass is 542 g/mol. The number of anilines is 1. The zero-order valence-corrected chi connectivity index (χ0v) is 23.5. The van der Waals surface area contributed by atoms with Gasteiger partial charge in [-0.15, -0.1) is 0 Å². The van der Waals surface area contributed by atoms with Crippen molar-refractivity contribution in [2.45, 2.75) is 26.3 Å². The molecular formula is C32H38N4O4. The van der Waals surface area contributed by atoms with Gasteiger partial charge in [0.15, 0.2) is 0 Å². The molecule has 0 atom stereocenters. The Bertz CT molecular complexity index is 1420. The highest BCUT2D eigenvalue weighted by atomic mass is 16.5. The maximum atomic E-state index is 13.8. The molecule has 4 rings (SSSR count). The first-order valence-corrected chi connectivity index (χ1v) is 13.6. The Morgan fingerprint density at radius 3 is 2.50 bits per heavy atom. The molecule has 4 aromatic rings. The summed E-state index contributed by atoms with van der Waals surface area (Å²) in [4.78, 5) is 33.7. The summed E-state index contributed by atoms with van der Waals surface area (Å²) in [6, 6.07) is 23.2. The molecule has 0 aliphatic carbocycles. The summed E-state index contributed by atoms with van der Waals surface area (Å²) >= 11 is 0. The van der Waals surface area contributed by atoms with E-state index >= 15 is 0 Å². The number of hydrogen-bond donors (Lipinski definition) is 2. The minimum Gasteiger partial charge on any atom is -0.496 e. The van der Waals surface area contributed by atoms with Crippen LogP contribution in [0, 0.1) is 0 Å². The highest BCUT2D eigenvalue weighted by molar-refractivity contribution is 5.92. The van der Waals surface area contributed by atoms with E-state index in [-0.39, 0.29) is 25.0 Å². The molecule has 0 bridgehead atoms. The number of aryl methyl sites for hydroxylation is 1. The Balaban J connectivity index is 1.53. The van der Waals surface area contributed by atoms with E-state index in [1.54, 1.807) is 19.1 Å². The first-order valence-electron chi connectivity index (χ1n) is 13.6. The van der Waals surface area contributed by atoms with E-state index in [9.17, 15) is 9.59 Å². The summed E-state index contributed by atoms with van der Waals surface area (Å²) in [6.45, 7) is 3.44. The Hall–Kier alpha value is -4.30. The standard InChI is InChI=1S/C32H38N4O4/c1-4-24-10-9-12-27(20-24)34-32(38)36(18-19-39-2)23-31(37)35(22-26-11-5-8-15-30(26)40-3)17-16-25-21-33-29-14-7-6-13-28(25)29/h5-15,20-21,33H,4,16-19,22-23H2,1-3H3,(H,34,38). The number of carbonyl (C=O) groups excluding carboxylic acids is 2. The average molecular weight is 543 g/mol. The summed E-state index contributed by atoms with van der Waals surface area (Å²) in [5.74, 6) is 0.566. The number of ether oxygens (including phenoxy) is 2. The molecule has 0 saturated carbocycles. The molecule has 0 spiro atoms. The van der Waals surface area contributed by atoms with E-state index in [0.29, 0.717) is 31.8 Å². The number of hydrogen-bond acceptors (Lipinski definition) is 4. The van der Waals surface area contributed by atoms with Crippen LogP contribution in [0.5, 0.6) is 5.75 Å². The van der Waals surface area contributed by atoms with Crippen molar-refractivity contribution in [3.8, 4) is 5.75 Å². The smallest absolute Gasteiger partial charge is 0.322 e. The summed E-state index contributed by atoms with van der Waals surface area (Å²) in [5, 5.41) is 4.09. The number of nitrogens with one attached hydrogen (secondary N) is 2. The Labute approximate surface area is 235 Å². The molecule has 2 N–H and O–H groups in total. The summed E-state index contributed by atoms with van der Waals surface area (Å²) < 4.78 is 10.8. The van der Waals surface area contributed by atoms with Crippen LogP contribution < -0.4 is 10.1 Å². The van der Waals surface area contributed by atoms with Crippen LogP contribution in [0.3, 0.4) is 0 Å². The van der Waals surface area contributed by atoms with Crippen LogP contribution in [0.1, 0.15) is 23.6 Å². The molecule has 0 aliphatic heterocycles. The first-order chi connectivity index (χ1) is 19.5. The van der Waals surface area contributed by atoms with Crippen molar-refractivity contribution >= 4 is 28.5 Å². The number of para-hydroxylation sites is 2. The fourth-order valence-corrected chi connectivity index (χ4v) is 4.71. The number of rotatable bonds is 13. The maximum absolute atomic E-state index is 13.8. The third kappa shape index (κ3) is 7.42. The molecule has 0 saturated heterocycles. The molecule has 8 nitrogen and oxygen atoms in total. The number of aromatic amines is 1. The van der Waals surface area contributed by atoms with E-state index in [4.69, 9.17) is 9.47 Å². The van der Waals surface area contributed by atoms with Gasteiger partial charge in [0.1, 0.15) is 12.3 Å². The van der Waals surface area contributed by atoms with Crippen LogP contribution in [-0.4, -0.2) is 67.2 Å². The van der Waals surface area contributed by atoms with Crippen LogP contribution in [-0.2, 0) is 28.9 Å². The third-order valence-electron chi connectivity index (χ3n) is 7.00. The Kier molecular flexibility index (Phi) is 10.2. The molecule has 0 unspecified atom stereocenters. The molecule has 210 valence electrons. The van der Waals surface area contributed by atoms with E-state index in [2.05, 4.69) is 23.3 Å². The van der Waals surface area contributed by atoms with E-state index in [1.165, 1.54) is 4.90 Å². The van der Waals surface area contributed by atoms with Gasteiger partial charge >= 0.3 is 6.03 Å². The maximum Gasteiger partial charge on any atom is 0.322 e. The van der Waals surface area contributed by atoms with Gasteiger partial charge in [0.2, 0.25) is 5.91 Å². The predicted octanol–water partition coefficient (Wildman–Crippen LogP) is 5.49. The van der Waals surface area contributed by atoms with Gasteiger partial charge in [-0.2, -0.15) is 0 Å². The third-order valence-corrected chi connectivity index (χ3v) is 7.00. The van der Waals surface area contributed by atoms with Crippen LogP contribution in [0.15, 0.2) is 79.0 Å². The Morgan fingerprint density at radius 1 is 0.900 bits per heavy atom. The second-order valence-corrected chi connectivity index (χ2v) is 9.64. The van der Waals surface area contributed by atoms with Crippen LogP contribution in [0.4, 0.5) is 10.5 Å². The van der Waals surface area contributed by atoms with Crippen molar-refractivity contribution in [3.05, 3.63) is 95.7 Å². The van der Waals surface area contributed by atoms with Gasteiger partial charge in [-0.1, -0.05) is 55.5 Å². The lowest BCUT2D eigenvalue weighted by Gasteiger charge is -2.28. The summed E-state index contributed by atoms with van der Waals surface area (Å²) in [7, 11) is 3.21. The topological polar surface area (TPSA) is 86.9 Å². The van der Waals surface area contributed by atoms with Crippen molar-refractivity contribution in [2.24, 2.45) is 0 Å². The first kappa shape index (κ1) is 28.7. The number of amides is 3. The van der Waals surface area contributed by atoms with Gasteiger partial charge in [-0.3, -0.25) is 4.79 Å². The zero-order valence-electron chi connectivity index (χ0n) is 23.5. The van der Waals surface area contributed by atoms with Crippen molar-refractivity contribution in [3.63, 3.8) is 0 Å². The minimum atomic E-state index is -0.340. The number of aromatic nitrogens is 1. The molecule has 3 aromatic carbocycles.